The van der Waals surface area contributed by atoms with E-state index in [1.165, 1.54) is 11.1 Å². The zero-order valence-electron chi connectivity index (χ0n) is 20.2. The number of hydrogen-bond acceptors (Lipinski definition) is 6. The monoisotopic (exact) mass is 482 g/mol. The van der Waals surface area contributed by atoms with Crippen LogP contribution in [0.4, 0.5) is 28.1 Å². The third-order valence-corrected chi connectivity index (χ3v) is 6.42. The minimum absolute atomic E-state index is 0.0881. The minimum Gasteiger partial charge on any atom is -0.331 e. The number of halogens is 1. The highest BCUT2D eigenvalue weighted by Gasteiger charge is 2.26. The number of nitrogens with zero attached hydrogens (tertiary/aromatic N) is 5. The fraction of sp³-hybridized carbons (Fsp3) is 0.417. The van der Waals surface area contributed by atoms with E-state index in [0.29, 0.717) is 28.5 Å². The lowest BCUT2D eigenvalue weighted by Crippen LogP contribution is -2.43. The predicted octanol–water partition coefficient (Wildman–Crippen LogP) is 5.13. The average Bonchev–Trinajstić information content (AvgIpc) is 3.22. The smallest absolute Gasteiger partial charge is 0.319 e. The number of H-pyrrole nitrogens is 1. The molecular weight excluding hydrogens is 452 g/mol. The first-order valence-corrected chi connectivity index (χ1v) is 11.7. The molecule has 1 aliphatic heterocycles. The van der Waals surface area contributed by atoms with Crippen molar-refractivity contribution in [3.63, 3.8) is 0 Å². The summed E-state index contributed by atoms with van der Waals surface area (Å²) in [6, 6.07) is 6.35. The molecule has 10 heteroatoms. The molecule has 1 aromatic carbocycles. The standard InChI is InChI=1S/C24H31ClN8O/c1-14-11-20(15(2)10-18(14)17-6-8-33(9-7-17)24(34)32(4)5)27-23-26-13-19(25)22(29-23)28-21-12-16(3)30-31-21/h10-13,17H,6-9H2,1-5H3,(H3,26,27,28,29,30,31). The van der Waals surface area contributed by atoms with Crippen molar-refractivity contribution >= 4 is 40.9 Å². The van der Waals surface area contributed by atoms with E-state index < -0.39 is 0 Å². The SMILES string of the molecule is Cc1cc(Nc2nc(Nc3cc(C)c(C4CCN(C(=O)N(C)C)CC4)cc3C)ncc2Cl)n[nH]1. The number of aromatic amines is 1. The van der Waals surface area contributed by atoms with Crippen LogP contribution in [0.1, 0.15) is 41.1 Å². The lowest BCUT2D eigenvalue weighted by atomic mass is 9.85. The number of amides is 2. The number of aromatic nitrogens is 4. The fourth-order valence-electron chi connectivity index (χ4n) is 4.32. The molecule has 1 saturated heterocycles. The van der Waals surface area contributed by atoms with Crippen molar-refractivity contribution in [3.05, 3.63) is 51.8 Å². The van der Waals surface area contributed by atoms with Gasteiger partial charge in [0.05, 0.1) is 6.20 Å². The van der Waals surface area contributed by atoms with Gasteiger partial charge >= 0.3 is 6.03 Å². The molecule has 2 aromatic heterocycles. The summed E-state index contributed by atoms with van der Waals surface area (Å²) >= 11 is 6.29. The maximum absolute atomic E-state index is 12.2. The van der Waals surface area contributed by atoms with Crippen LogP contribution in [-0.4, -0.2) is 63.2 Å². The van der Waals surface area contributed by atoms with Gasteiger partial charge in [-0.1, -0.05) is 17.7 Å². The molecule has 3 heterocycles. The summed E-state index contributed by atoms with van der Waals surface area (Å²) in [7, 11) is 3.60. The second-order valence-corrected chi connectivity index (χ2v) is 9.45. The summed E-state index contributed by atoms with van der Waals surface area (Å²) < 4.78 is 0. The second-order valence-electron chi connectivity index (χ2n) is 9.04. The number of aryl methyl sites for hydroxylation is 3. The highest BCUT2D eigenvalue weighted by Crippen LogP contribution is 2.34. The molecule has 0 atom stereocenters. The number of piperidine rings is 1. The molecule has 0 spiro atoms. The Morgan fingerprint density at radius 3 is 2.50 bits per heavy atom. The van der Waals surface area contributed by atoms with Crippen molar-refractivity contribution in [2.24, 2.45) is 0 Å². The molecule has 0 aliphatic carbocycles. The lowest BCUT2D eigenvalue weighted by Gasteiger charge is -2.34. The van der Waals surface area contributed by atoms with Crippen molar-refractivity contribution in [2.45, 2.75) is 39.5 Å². The first-order chi connectivity index (χ1) is 16.2. The van der Waals surface area contributed by atoms with E-state index >= 15 is 0 Å². The molecule has 1 fully saturated rings. The number of carbonyl (C=O) groups is 1. The Balaban J connectivity index is 1.48. The van der Waals surface area contributed by atoms with Crippen LogP contribution < -0.4 is 10.6 Å². The van der Waals surface area contributed by atoms with Crippen LogP contribution in [0.5, 0.6) is 0 Å². The highest BCUT2D eigenvalue weighted by atomic mass is 35.5. The summed E-state index contributed by atoms with van der Waals surface area (Å²) in [5, 5.41) is 13.9. The van der Waals surface area contributed by atoms with Gasteiger partial charge in [0.1, 0.15) is 5.02 Å². The molecule has 0 radical (unpaired) electrons. The van der Waals surface area contributed by atoms with Gasteiger partial charge in [0.25, 0.3) is 0 Å². The third kappa shape index (κ3) is 5.25. The maximum atomic E-state index is 12.2. The molecule has 3 aromatic rings. The fourth-order valence-corrected chi connectivity index (χ4v) is 4.45. The van der Waals surface area contributed by atoms with E-state index in [2.05, 4.69) is 56.8 Å². The van der Waals surface area contributed by atoms with Crippen molar-refractivity contribution in [2.75, 3.05) is 37.8 Å². The first-order valence-electron chi connectivity index (χ1n) is 11.4. The summed E-state index contributed by atoms with van der Waals surface area (Å²) in [6.07, 6.45) is 3.50. The summed E-state index contributed by atoms with van der Waals surface area (Å²) in [4.78, 5) is 24.7. The van der Waals surface area contributed by atoms with Crippen LogP contribution in [-0.2, 0) is 0 Å². The van der Waals surface area contributed by atoms with Crippen molar-refractivity contribution in [1.29, 1.82) is 0 Å². The number of carbonyl (C=O) groups excluding carboxylic acids is 1. The quantitative estimate of drug-likeness (QED) is 0.466. The van der Waals surface area contributed by atoms with Crippen LogP contribution in [0.25, 0.3) is 0 Å². The van der Waals surface area contributed by atoms with Crippen LogP contribution in [0.15, 0.2) is 24.4 Å². The zero-order valence-corrected chi connectivity index (χ0v) is 21.0. The van der Waals surface area contributed by atoms with E-state index in [1.807, 2.05) is 17.9 Å². The molecule has 0 bridgehead atoms. The number of anilines is 4. The van der Waals surface area contributed by atoms with Gasteiger partial charge in [0.15, 0.2) is 11.6 Å². The van der Waals surface area contributed by atoms with Crippen LogP contribution >= 0.6 is 11.6 Å². The summed E-state index contributed by atoms with van der Waals surface area (Å²) in [5.74, 6) is 2.01. The second kappa shape index (κ2) is 9.89. The van der Waals surface area contributed by atoms with E-state index in [1.54, 1.807) is 25.2 Å². The Labute approximate surface area is 204 Å². The Morgan fingerprint density at radius 1 is 1.12 bits per heavy atom. The lowest BCUT2D eigenvalue weighted by molar-refractivity contribution is 0.156. The van der Waals surface area contributed by atoms with Gasteiger partial charge < -0.3 is 20.4 Å². The van der Waals surface area contributed by atoms with Gasteiger partial charge in [0, 0.05) is 44.6 Å². The molecular formula is C24H31ClN8O. The zero-order chi connectivity index (χ0) is 24.4. The summed E-state index contributed by atoms with van der Waals surface area (Å²) in [5.41, 5.74) is 5.55. The highest BCUT2D eigenvalue weighted by molar-refractivity contribution is 6.32. The molecule has 180 valence electrons. The molecule has 34 heavy (non-hydrogen) atoms. The first kappa shape index (κ1) is 23.8. The maximum Gasteiger partial charge on any atom is 0.319 e. The van der Waals surface area contributed by atoms with Crippen LogP contribution in [0, 0.1) is 20.8 Å². The van der Waals surface area contributed by atoms with E-state index in [0.717, 1.165) is 42.9 Å². The molecule has 3 N–H and O–H groups in total. The number of urea groups is 1. The Bertz CT molecular complexity index is 1180. The number of nitrogens with one attached hydrogen (secondary N) is 3. The largest absolute Gasteiger partial charge is 0.331 e. The summed E-state index contributed by atoms with van der Waals surface area (Å²) in [6.45, 7) is 7.70. The van der Waals surface area contributed by atoms with Crippen molar-refractivity contribution < 1.29 is 4.79 Å². The number of likely N-dealkylation sites (tertiary alicyclic amines) is 1. The van der Waals surface area contributed by atoms with Crippen LogP contribution in [0.2, 0.25) is 5.02 Å². The molecule has 2 amide bonds. The Morgan fingerprint density at radius 2 is 1.85 bits per heavy atom. The van der Waals surface area contributed by atoms with Crippen molar-refractivity contribution in [3.8, 4) is 0 Å². The normalized spacial score (nSPS) is 14.2. The van der Waals surface area contributed by atoms with Gasteiger partial charge in [-0.3, -0.25) is 5.10 Å². The average molecular weight is 483 g/mol. The van der Waals surface area contributed by atoms with E-state index in [9.17, 15) is 4.79 Å². The van der Waals surface area contributed by atoms with Gasteiger partial charge in [-0.15, -0.1) is 0 Å². The Kier molecular flexibility index (Phi) is 6.92. The van der Waals surface area contributed by atoms with E-state index in [4.69, 9.17) is 11.6 Å². The minimum atomic E-state index is 0.0881. The van der Waals surface area contributed by atoms with Gasteiger partial charge in [0.2, 0.25) is 5.95 Å². The van der Waals surface area contributed by atoms with Gasteiger partial charge in [-0.05, 0) is 62.3 Å². The van der Waals surface area contributed by atoms with Gasteiger partial charge in [-0.25, -0.2) is 9.78 Å². The van der Waals surface area contributed by atoms with Crippen LogP contribution in [0.3, 0.4) is 0 Å². The molecule has 0 saturated carbocycles. The van der Waals surface area contributed by atoms with Crippen molar-refractivity contribution in [1.82, 2.24) is 30.0 Å². The van der Waals surface area contributed by atoms with Gasteiger partial charge in [-0.2, -0.15) is 10.1 Å². The molecule has 0 unspecified atom stereocenters. The number of benzene rings is 1. The Hall–Kier alpha value is -3.33. The molecule has 1 aliphatic rings. The topological polar surface area (TPSA) is 102 Å². The third-order valence-electron chi connectivity index (χ3n) is 6.14. The molecule has 9 nitrogen and oxygen atoms in total. The molecule has 4 rings (SSSR count). The number of hydrogen-bond donors (Lipinski definition) is 3. The van der Waals surface area contributed by atoms with E-state index in [-0.39, 0.29) is 6.03 Å². The number of rotatable bonds is 5. The predicted molar refractivity (Wildman–Crippen MR) is 135 cm³/mol.